The summed E-state index contributed by atoms with van der Waals surface area (Å²) < 4.78 is 24.3. The lowest BCUT2D eigenvalue weighted by Gasteiger charge is -2.15. The van der Waals surface area contributed by atoms with E-state index in [1.807, 2.05) is 67.6 Å². The zero-order chi connectivity index (χ0) is 18.1. The SMILES string of the molecule is CC[C@H](C(=O)NCCCS(=O)(=O)Cc1ccccc1)c1ccccc1. The molecule has 0 aromatic heterocycles. The van der Waals surface area contributed by atoms with Gasteiger partial charge in [0.25, 0.3) is 0 Å². The molecule has 2 aromatic carbocycles. The molecule has 0 fully saturated rings. The van der Waals surface area contributed by atoms with Crippen LogP contribution in [-0.4, -0.2) is 26.6 Å². The van der Waals surface area contributed by atoms with Gasteiger partial charge in [0.1, 0.15) is 0 Å². The van der Waals surface area contributed by atoms with Gasteiger partial charge in [-0.3, -0.25) is 4.79 Å². The Hall–Kier alpha value is -2.14. The van der Waals surface area contributed by atoms with Crippen LogP contribution in [0.15, 0.2) is 60.7 Å². The molecule has 0 aliphatic rings. The number of hydrogen-bond acceptors (Lipinski definition) is 3. The fourth-order valence-corrected chi connectivity index (χ4v) is 4.21. The number of benzene rings is 2. The molecule has 4 nitrogen and oxygen atoms in total. The normalized spacial score (nSPS) is 12.5. The summed E-state index contributed by atoms with van der Waals surface area (Å²) in [4.78, 5) is 12.3. The first-order chi connectivity index (χ1) is 12.0. The Morgan fingerprint density at radius 1 is 1.00 bits per heavy atom. The first-order valence-corrected chi connectivity index (χ1v) is 10.4. The Kier molecular flexibility index (Phi) is 7.19. The molecule has 1 atom stereocenters. The molecule has 0 radical (unpaired) electrons. The Balaban J connectivity index is 1.79. The van der Waals surface area contributed by atoms with Crippen LogP contribution in [0.4, 0.5) is 0 Å². The molecule has 0 bridgehead atoms. The summed E-state index contributed by atoms with van der Waals surface area (Å²) >= 11 is 0. The number of carbonyl (C=O) groups is 1. The molecule has 0 unspecified atom stereocenters. The average Bonchev–Trinajstić information content (AvgIpc) is 2.61. The number of nitrogens with one attached hydrogen (secondary N) is 1. The number of hydrogen-bond donors (Lipinski definition) is 1. The van der Waals surface area contributed by atoms with Gasteiger partial charge >= 0.3 is 0 Å². The minimum atomic E-state index is -3.16. The fourth-order valence-electron chi connectivity index (χ4n) is 2.79. The Morgan fingerprint density at radius 2 is 1.60 bits per heavy atom. The van der Waals surface area contributed by atoms with E-state index in [4.69, 9.17) is 0 Å². The predicted molar refractivity (Wildman–Crippen MR) is 101 cm³/mol. The maximum atomic E-state index is 12.3. The largest absolute Gasteiger partial charge is 0.356 e. The summed E-state index contributed by atoms with van der Waals surface area (Å²) in [6.45, 7) is 2.34. The Bertz CT molecular complexity index is 758. The van der Waals surface area contributed by atoms with Crippen LogP contribution in [0, 0.1) is 0 Å². The van der Waals surface area contributed by atoms with Gasteiger partial charge < -0.3 is 5.32 Å². The quantitative estimate of drug-likeness (QED) is 0.699. The third kappa shape index (κ3) is 6.35. The topological polar surface area (TPSA) is 63.2 Å². The first kappa shape index (κ1) is 19.2. The van der Waals surface area contributed by atoms with Crippen molar-refractivity contribution in [2.24, 2.45) is 0 Å². The van der Waals surface area contributed by atoms with Gasteiger partial charge in [0.15, 0.2) is 9.84 Å². The van der Waals surface area contributed by atoms with Crippen molar-refractivity contribution in [1.29, 1.82) is 0 Å². The minimum Gasteiger partial charge on any atom is -0.356 e. The second-order valence-corrected chi connectivity index (χ2v) is 8.28. The number of sulfone groups is 1. The highest BCUT2D eigenvalue weighted by molar-refractivity contribution is 7.90. The van der Waals surface area contributed by atoms with E-state index < -0.39 is 9.84 Å². The van der Waals surface area contributed by atoms with Crippen LogP contribution in [0.2, 0.25) is 0 Å². The monoisotopic (exact) mass is 359 g/mol. The first-order valence-electron chi connectivity index (χ1n) is 8.59. The lowest BCUT2D eigenvalue weighted by atomic mass is 9.96. The molecule has 5 heteroatoms. The van der Waals surface area contributed by atoms with Gasteiger partial charge in [-0.2, -0.15) is 0 Å². The van der Waals surface area contributed by atoms with E-state index in [9.17, 15) is 13.2 Å². The third-order valence-corrected chi connectivity index (χ3v) is 5.77. The van der Waals surface area contributed by atoms with Crippen molar-refractivity contribution in [2.75, 3.05) is 12.3 Å². The van der Waals surface area contributed by atoms with Crippen LogP contribution >= 0.6 is 0 Å². The van der Waals surface area contributed by atoms with Gasteiger partial charge in [0.2, 0.25) is 5.91 Å². The van der Waals surface area contributed by atoms with Gasteiger partial charge in [-0.05, 0) is 24.0 Å². The van der Waals surface area contributed by atoms with Gasteiger partial charge in [-0.15, -0.1) is 0 Å². The number of carbonyl (C=O) groups excluding carboxylic acids is 1. The summed E-state index contributed by atoms with van der Waals surface area (Å²) in [6.07, 6.45) is 1.13. The van der Waals surface area contributed by atoms with Crippen molar-refractivity contribution in [3.05, 3.63) is 71.8 Å². The molecule has 0 saturated carbocycles. The highest BCUT2D eigenvalue weighted by atomic mass is 32.2. The van der Waals surface area contributed by atoms with E-state index in [1.54, 1.807) is 0 Å². The molecule has 1 amide bonds. The smallest absolute Gasteiger partial charge is 0.227 e. The van der Waals surface area contributed by atoms with Crippen molar-refractivity contribution < 1.29 is 13.2 Å². The van der Waals surface area contributed by atoms with Crippen molar-refractivity contribution in [3.63, 3.8) is 0 Å². The molecule has 0 saturated heterocycles. The van der Waals surface area contributed by atoms with Crippen LogP contribution in [0.1, 0.15) is 36.8 Å². The lowest BCUT2D eigenvalue weighted by Crippen LogP contribution is -2.31. The molecular formula is C20H25NO3S. The molecule has 0 aliphatic carbocycles. The van der Waals surface area contributed by atoms with Crippen LogP contribution in [0.25, 0.3) is 0 Å². The van der Waals surface area contributed by atoms with Gasteiger partial charge in [-0.1, -0.05) is 67.6 Å². The van der Waals surface area contributed by atoms with Crippen LogP contribution in [0.5, 0.6) is 0 Å². The summed E-state index contributed by atoms with van der Waals surface area (Å²) in [5.41, 5.74) is 1.78. The van der Waals surface area contributed by atoms with E-state index in [0.717, 1.165) is 11.1 Å². The van der Waals surface area contributed by atoms with E-state index in [-0.39, 0.29) is 23.3 Å². The second-order valence-electron chi connectivity index (χ2n) is 6.09. The maximum absolute atomic E-state index is 12.3. The number of rotatable bonds is 9. The van der Waals surface area contributed by atoms with Gasteiger partial charge in [0, 0.05) is 6.54 Å². The van der Waals surface area contributed by atoms with Crippen molar-refractivity contribution in [3.8, 4) is 0 Å². The summed E-state index contributed by atoms with van der Waals surface area (Å²) in [5.74, 6) is -0.121. The molecule has 2 rings (SSSR count). The lowest BCUT2D eigenvalue weighted by molar-refractivity contribution is -0.122. The fraction of sp³-hybridized carbons (Fsp3) is 0.350. The molecule has 0 spiro atoms. The average molecular weight is 359 g/mol. The van der Waals surface area contributed by atoms with E-state index in [0.29, 0.717) is 19.4 Å². The second kappa shape index (κ2) is 9.37. The maximum Gasteiger partial charge on any atom is 0.227 e. The standard InChI is InChI=1S/C20H25NO3S/c1-2-19(18-12-7-4-8-13-18)20(22)21-14-9-15-25(23,24)16-17-10-5-3-6-11-17/h3-8,10-13,19H,2,9,14-16H2,1H3,(H,21,22)/t19-/m0/s1. The number of amides is 1. The Labute approximate surface area is 150 Å². The van der Waals surface area contributed by atoms with Crippen LogP contribution < -0.4 is 5.32 Å². The van der Waals surface area contributed by atoms with E-state index in [2.05, 4.69) is 5.32 Å². The zero-order valence-electron chi connectivity index (χ0n) is 14.5. The summed E-state index contributed by atoms with van der Waals surface area (Å²) in [6, 6.07) is 18.8. The van der Waals surface area contributed by atoms with Gasteiger partial charge in [0.05, 0.1) is 17.4 Å². The highest BCUT2D eigenvalue weighted by Crippen LogP contribution is 2.19. The predicted octanol–water partition coefficient (Wildman–Crippen LogP) is 3.30. The summed E-state index contributed by atoms with van der Waals surface area (Å²) in [5, 5.41) is 2.87. The highest BCUT2D eigenvalue weighted by Gasteiger charge is 2.18. The molecule has 134 valence electrons. The zero-order valence-corrected chi connectivity index (χ0v) is 15.3. The van der Waals surface area contributed by atoms with Crippen LogP contribution in [-0.2, 0) is 20.4 Å². The van der Waals surface area contributed by atoms with E-state index in [1.165, 1.54) is 0 Å². The molecule has 1 N–H and O–H groups in total. The van der Waals surface area contributed by atoms with Crippen molar-refractivity contribution in [1.82, 2.24) is 5.32 Å². The summed E-state index contributed by atoms with van der Waals surface area (Å²) in [7, 11) is -3.16. The molecule has 0 aliphatic heterocycles. The minimum absolute atomic E-state index is 0.0450. The molecular weight excluding hydrogens is 334 g/mol. The van der Waals surface area contributed by atoms with Crippen molar-refractivity contribution in [2.45, 2.75) is 31.4 Å². The molecule has 2 aromatic rings. The Morgan fingerprint density at radius 3 is 2.20 bits per heavy atom. The van der Waals surface area contributed by atoms with Crippen LogP contribution in [0.3, 0.4) is 0 Å². The molecule has 25 heavy (non-hydrogen) atoms. The molecule has 0 heterocycles. The third-order valence-electron chi connectivity index (χ3n) is 4.09. The van der Waals surface area contributed by atoms with E-state index >= 15 is 0 Å². The van der Waals surface area contributed by atoms with Crippen molar-refractivity contribution >= 4 is 15.7 Å². The van der Waals surface area contributed by atoms with Gasteiger partial charge in [-0.25, -0.2) is 8.42 Å².